The highest BCUT2D eigenvalue weighted by molar-refractivity contribution is 7.20. The number of aromatic carboxylic acids is 1. The van der Waals surface area contributed by atoms with Gasteiger partial charge in [-0.15, -0.1) is 5.10 Å². The summed E-state index contributed by atoms with van der Waals surface area (Å²) in [5.41, 5.74) is 1.90. The van der Waals surface area contributed by atoms with Gasteiger partial charge in [-0.3, -0.25) is 0 Å². The third-order valence-corrected chi connectivity index (χ3v) is 6.53. The average Bonchev–Trinajstić information content (AvgIpc) is 3.49. The van der Waals surface area contributed by atoms with Crippen molar-refractivity contribution in [2.45, 2.75) is 38.5 Å². The third kappa shape index (κ3) is 3.78. The minimum Gasteiger partial charge on any atom is -0.478 e. The molecule has 0 aliphatic carbocycles. The van der Waals surface area contributed by atoms with Gasteiger partial charge in [0.25, 0.3) is 0 Å². The zero-order valence-electron chi connectivity index (χ0n) is 17.2. The molecule has 1 aromatic carbocycles. The summed E-state index contributed by atoms with van der Waals surface area (Å²) in [6.45, 7) is 5.88. The number of carbonyl (C=O) groups is 1. The molecule has 1 fully saturated rings. The highest BCUT2D eigenvalue weighted by Gasteiger charge is 2.27. The first-order valence-electron chi connectivity index (χ1n) is 10.3. The molecule has 0 spiro atoms. The van der Waals surface area contributed by atoms with Crippen molar-refractivity contribution in [1.82, 2.24) is 24.7 Å². The standard InChI is InChI=1S/C21H22N6O3S/c1-12(2)17-23-18(30-25-17)14-7-9-26(10-8-14)21-24-27-11-16(22-20(27)31-21)13-3-5-15(6-4-13)19(28)29/h3-6,11-12,14H,7-10H2,1-2H3,(H,28,29). The van der Waals surface area contributed by atoms with Crippen molar-refractivity contribution in [3.05, 3.63) is 47.7 Å². The molecule has 0 radical (unpaired) electrons. The molecule has 0 atom stereocenters. The summed E-state index contributed by atoms with van der Waals surface area (Å²) in [7, 11) is 0. The summed E-state index contributed by atoms with van der Waals surface area (Å²) < 4.78 is 7.27. The first kappa shape index (κ1) is 19.7. The Morgan fingerprint density at radius 2 is 1.94 bits per heavy atom. The number of benzene rings is 1. The molecule has 10 heteroatoms. The van der Waals surface area contributed by atoms with Gasteiger partial charge in [0, 0.05) is 30.5 Å². The van der Waals surface area contributed by atoms with Gasteiger partial charge in [-0.05, 0) is 25.0 Å². The van der Waals surface area contributed by atoms with Gasteiger partial charge in [-0.25, -0.2) is 14.3 Å². The fraction of sp³-hybridized carbons (Fsp3) is 0.381. The lowest BCUT2D eigenvalue weighted by Crippen LogP contribution is -2.33. The number of hydrogen-bond acceptors (Lipinski definition) is 8. The predicted molar refractivity (Wildman–Crippen MR) is 116 cm³/mol. The topological polar surface area (TPSA) is 110 Å². The zero-order chi connectivity index (χ0) is 21.5. The van der Waals surface area contributed by atoms with Gasteiger partial charge >= 0.3 is 5.97 Å². The van der Waals surface area contributed by atoms with Crippen LogP contribution in [0, 0.1) is 0 Å². The molecular weight excluding hydrogens is 416 g/mol. The molecule has 1 aliphatic rings. The average molecular weight is 439 g/mol. The number of rotatable bonds is 5. The van der Waals surface area contributed by atoms with Crippen LogP contribution < -0.4 is 4.90 Å². The van der Waals surface area contributed by atoms with Crippen molar-refractivity contribution in [3.63, 3.8) is 0 Å². The Hall–Kier alpha value is -3.27. The van der Waals surface area contributed by atoms with E-state index in [4.69, 9.17) is 14.7 Å². The van der Waals surface area contributed by atoms with Crippen LogP contribution in [0.3, 0.4) is 0 Å². The molecule has 0 saturated carbocycles. The highest BCUT2D eigenvalue weighted by atomic mass is 32.1. The van der Waals surface area contributed by atoms with Crippen molar-refractivity contribution < 1.29 is 14.4 Å². The van der Waals surface area contributed by atoms with Crippen LogP contribution in [0.2, 0.25) is 0 Å². The second-order valence-electron chi connectivity index (χ2n) is 8.03. The van der Waals surface area contributed by atoms with E-state index >= 15 is 0 Å². The van der Waals surface area contributed by atoms with Crippen LogP contribution in [0.1, 0.15) is 60.6 Å². The van der Waals surface area contributed by atoms with E-state index in [-0.39, 0.29) is 11.5 Å². The summed E-state index contributed by atoms with van der Waals surface area (Å²) in [6, 6.07) is 6.71. The largest absolute Gasteiger partial charge is 0.478 e. The molecule has 4 heterocycles. The summed E-state index contributed by atoms with van der Waals surface area (Å²) in [6.07, 6.45) is 3.77. The Morgan fingerprint density at radius 3 is 2.55 bits per heavy atom. The quantitative estimate of drug-likeness (QED) is 0.497. The lowest BCUT2D eigenvalue weighted by atomic mass is 9.97. The summed E-state index contributed by atoms with van der Waals surface area (Å²) in [4.78, 5) is 23.3. The van der Waals surface area contributed by atoms with Crippen LogP contribution >= 0.6 is 11.3 Å². The van der Waals surface area contributed by atoms with E-state index in [1.54, 1.807) is 40.1 Å². The lowest BCUT2D eigenvalue weighted by Gasteiger charge is -2.29. The molecule has 0 amide bonds. The smallest absolute Gasteiger partial charge is 0.335 e. The van der Waals surface area contributed by atoms with Crippen LogP contribution in [0.4, 0.5) is 5.13 Å². The lowest BCUT2D eigenvalue weighted by molar-refractivity contribution is 0.0697. The van der Waals surface area contributed by atoms with Gasteiger partial charge in [-0.1, -0.05) is 42.5 Å². The maximum absolute atomic E-state index is 11.0. The molecular formula is C21H22N6O3S. The van der Waals surface area contributed by atoms with Crippen LogP contribution in [0.15, 0.2) is 35.0 Å². The van der Waals surface area contributed by atoms with E-state index in [1.165, 1.54) is 0 Å². The SMILES string of the molecule is CC(C)c1noc(C2CCN(c3nn4cc(-c5ccc(C(=O)O)cc5)nc4s3)CC2)n1. The number of fused-ring (bicyclic) bond motifs is 1. The van der Waals surface area contributed by atoms with Gasteiger partial charge in [0.1, 0.15) is 0 Å². The first-order chi connectivity index (χ1) is 15.0. The van der Waals surface area contributed by atoms with Gasteiger partial charge in [-0.2, -0.15) is 4.98 Å². The van der Waals surface area contributed by atoms with E-state index in [0.29, 0.717) is 5.92 Å². The van der Waals surface area contributed by atoms with Crippen LogP contribution in [0.5, 0.6) is 0 Å². The van der Waals surface area contributed by atoms with E-state index in [9.17, 15) is 4.79 Å². The monoisotopic (exact) mass is 438 g/mol. The molecule has 0 bridgehead atoms. The Morgan fingerprint density at radius 1 is 1.19 bits per heavy atom. The molecule has 4 aromatic rings. The number of anilines is 1. The van der Waals surface area contributed by atoms with Gasteiger partial charge in [0.15, 0.2) is 5.82 Å². The predicted octanol–water partition coefficient (Wildman–Crippen LogP) is 4.05. The number of carboxylic acids is 1. The molecule has 1 N–H and O–H groups in total. The highest BCUT2D eigenvalue weighted by Crippen LogP contribution is 2.33. The van der Waals surface area contributed by atoms with Crippen LogP contribution in [-0.2, 0) is 0 Å². The van der Waals surface area contributed by atoms with E-state index in [2.05, 4.69) is 33.9 Å². The number of carboxylic acid groups (broad SMARTS) is 1. The van der Waals surface area contributed by atoms with Gasteiger partial charge < -0.3 is 14.5 Å². The molecule has 1 saturated heterocycles. The van der Waals surface area contributed by atoms with Gasteiger partial charge in [0.05, 0.1) is 17.5 Å². The maximum atomic E-state index is 11.0. The molecule has 5 rings (SSSR count). The Kier molecular flexibility index (Phi) is 4.93. The Balaban J connectivity index is 1.27. The van der Waals surface area contributed by atoms with Gasteiger partial charge in [0.2, 0.25) is 16.0 Å². The second kappa shape index (κ2) is 7.77. The molecule has 0 unspecified atom stereocenters. The fourth-order valence-electron chi connectivity index (χ4n) is 3.71. The first-order valence-corrected chi connectivity index (χ1v) is 11.1. The van der Waals surface area contributed by atoms with Crippen LogP contribution in [0.25, 0.3) is 16.2 Å². The van der Waals surface area contributed by atoms with Crippen molar-refractivity contribution in [2.24, 2.45) is 0 Å². The molecule has 31 heavy (non-hydrogen) atoms. The van der Waals surface area contributed by atoms with Crippen molar-refractivity contribution in [1.29, 1.82) is 0 Å². The van der Waals surface area contributed by atoms with E-state index in [0.717, 1.165) is 59.0 Å². The van der Waals surface area contributed by atoms with Crippen molar-refractivity contribution in [2.75, 3.05) is 18.0 Å². The summed E-state index contributed by atoms with van der Waals surface area (Å²) >= 11 is 1.55. The van der Waals surface area contributed by atoms with Crippen molar-refractivity contribution >= 4 is 27.4 Å². The fourth-order valence-corrected chi connectivity index (χ4v) is 4.64. The summed E-state index contributed by atoms with van der Waals surface area (Å²) in [5, 5.41) is 18.8. The molecule has 160 valence electrons. The molecule has 1 aliphatic heterocycles. The maximum Gasteiger partial charge on any atom is 0.335 e. The third-order valence-electron chi connectivity index (χ3n) is 5.55. The summed E-state index contributed by atoms with van der Waals surface area (Å²) in [5.74, 6) is 1.14. The second-order valence-corrected chi connectivity index (χ2v) is 8.96. The normalized spacial score (nSPS) is 15.3. The number of aromatic nitrogens is 5. The number of nitrogens with zero attached hydrogens (tertiary/aromatic N) is 6. The minimum absolute atomic E-state index is 0.259. The number of hydrogen-bond donors (Lipinski definition) is 1. The van der Waals surface area contributed by atoms with E-state index in [1.807, 2.05) is 6.20 Å². The number of imidazole rings is 1. The Bertz CT molecular complexity index is 1190. The Labute approximate surface area is 182 Å². The van der Waals surface area contributed by atoms with E-state index < -0.39 is 5.97 Å². The molecule has 9 nitrogen and oxygen atoms in total. The zero-order valence-corrected chi connectivity index (χ0v) is 18.0. The molecule has 3 aromatic heterocycles. The minimum atomic E-state index is -0.938. The van der Waals surface area contributed by atoms with Crippen LogP contribution in [-0.4, -0.2) is 48.9 Å². The number of piperidine rings is 1. The van der Waals surface area contributed by atoms with Crippen molar-refractivity contribution in [3.8, 4) is 11.3 Å².